The van der Waals surface area contributed by atoms with Gasteiger partial charge in [-0.1, -0.05) is 167 Å². The van der Waals surface area contributed by atoms with Crippen molar-refractivity contribution in [1.82, 2.24) is 5.32 Å². The van der Waals surface area contributed by atoms with Crippen molar-refractivity contribution in [2.24, 2.45) is 0 Å². The fourth-order valence-electron chi connectivity index (χ4n) is 6.78. The number of amides is 1. The number of carbonyl (C=O) groups is 1. The molecule has 7 unspecified atom stereocenters. The van der Waals surface area contributed by atoms with Gasteiger partial charge in [-0.15, -0.1) is 0 Å². The third kappa shape index (κ3) is 24.7. The SMILES string of the molecule is CCCCCCCCCCCCCCCCCCCCCCCCCC(=O)NC(COC1C=CCCC(O)C(O)C1O)C(O)CC(O)CC. The Kier molecular flexibility index (Phi) is 29.7. The fourth-order valence-corrected chi connectivity index (χ4v) is 6.78. The molecule has 0 bridgehead atoms. The van der Waals surface area contributed by atoms with Gasteiger partial charge >= 0.3 is 0 Å². The molecule has 0 saturated heterocycles. The Bertz CT molecular complexity index is 781. The molecule has 0 heterocycles. The number of hydrogen-bond donors (Lipinski definition) is 6. The predicted octanol–water partition coefficient (Wildman–Crippen LogP) is 8.19. The Labute approximate surface area is 300 Å². The number of ether oxygens (including phenoxy) is 1. The molecule has 1 aliphatic rings. The first-order valence-electron chi connectivity index (χ1n) is 20.8. The van der Waals surface area contributed by atoms with Crippen LogP contribution in [0.2, 0.25) is 0 Å². The molecule has 1 rings (SSSR count). The summed E-state index contributed by atoms with van der Waals surface area (Å²) in [5.41, 5.74) is 0. The van der Waals surface area contributed by atoms with E-state index in [1.54, 1.807) is 12.2 Å². The van der Waals surface area contributed by atoms with Crippen LogP contribution in [0.15, 0.2) is 12.2 Å². The first kappa shape index (κ1) is 46.0. The summed E-state index contributed by atoms with van der Waals surface area (Å²) in [5, 5.41) is 54.5. The van der Waals surface area contributed by atoms with Gasteiger partial charge in [0.15, 0.2) is 0 Å². The van der Waals surface area contributed by atoms with Gasteiger partial charge in [0.2, 0.25) is 5.91 Å². The maximum Gasteiger partial charge on any atom is 0.220 e. The lowest BCUT2D eigenvalue weighted by Crippen LogP contribution is -2.50. The van der Waals surface area contributed by atoms with E-state index in [0.717, 1.165) is 19.3 Å². The molecule has 1 amide bonds. The molecule has 6 N–H and O–H groups in total. The number of aliphatic hydroxyl groups is 5. The molecule has 0 aromatic heterocycles. The van der Waals surface area contributed by atoms with Crippen LogP contribution in [0.3, 0.4) is 0 Å². The molecule has 0 spiro atoms. The van der Waals surface area contributed by atoms with Crippen LogP contribution >= 0.6 is 0 Å². The highest BCUT2D eigenvalue weighted by Crippen LogP contribution is 2.19. The third-order valence-corrected chi connectivity index (χ3v) is 10.3. The van der Waals surface area contributed by atoms with Gasteiger partial charge in [0.1, 0.15) is 18.3 Å². The molecule has 0 aliphatic heterocycles. The molecule has 290 valence electrons. The largest absolute Gasteiger partial charge is 0.393 e. The van der Waals surface area contributed by atoms with Gasteiger partial charge in [-0.2, -0.15) is 0 Å². The highest BCUT2D eigenvalue weighted by Gasteiger charge is 2.33. The molecule has 1 aliphatic carbocycles. The molecule has 8 heteroatoms. The second-order valence-corrected chi connectivity index (χ2v) is 14.9. The van der Waals surface area contributed by atoms with E-state index in [1.807, 2.05) is 6.92 Å². The average molecular weight is 698 g/mol. The number of nitrogens with one attached hydrogen (secondary N) is 1. The fraction of sp³-hybridized carbons (Fsp3) is 0.927. The number of rotatable bonds is 32. The normalized spacial score (nSPS) is 21.6. The molecule has 0 fully saturated rings. The second kappa shape index (κ2) is 31.7. The number of aliphatic hydroxyl groups excluding tert-OH is 5. The summed E-state index contributed by atoms with van der Waals surface area (Å²) in [6.07, 6.45) is 29.4. The van der Waals surface area contributed by atoms with E-state index in [4.69, 9.17) is 4.74 Å². The van der Waals surface area contributed by atoms with E-state index in [2.05, 4.69) is 12.2 Å². The Morgan fingerprint density at radius 2 is 1.14 bits per heavy atom. The minimum Gasteiger partial charge on any atom is -0.393 e. The maximum atomic E-state index is 12.8. The zero-order valence-corrected chi connectivity index (χ0v) is 31.8. The second-order valence-electron chi connectivity index (χ2n) is 14.9. The van der Waals surface area contributed by atoms with E-state index >= 15 is 0 Å². The van der Waals surface area contributed by atoms with Crippen LogP contribution in [-0.2, 0) is 9.53 Å². The number of carbonyl (C=O) groups excluding carboxylic acids is 1. The van der Waals surface area contributed by atoms with Crippen LogP contribution in [0, 0.1) is 0 Å². The van der Waals surface area contributed by atoms with E-state index in [1.165, 1.54) is 128 Å². The minimum absolute atomic E-state index is 0.0919. The summed E-state index contributed by atoms with van der Waals surface area (Å²) in [6, 6.07) is -0.772. The van der Waals surface area contributed by atoms with Crippen LogP contribution < -0.4 is 5.32 Å². The molecular formula is C41H79NO7. The number of unbranched alkanes of at least 4 members (excludes halogenated alkanes) is 22. The summed E-state index contributed by atoms with van der Waals surface area (Å²) in [4.78, 5) is 12.8. The summed E-state index contributed by atoms with van der Waals surface area (Å²) in [7, 11) is 0. The van der Waals surface area contributed by atoms with Gasteiger partial charge < -0.3 is 35.6 Å². The van der Waals surface area contributed by atoms with Gasteiger partial charge in [0.25, 0.3) is 0 Å². The van der Waals surface area contributed by atoms with Crippen molar-refractivity contribution in [3.05, 3.63) is 12.2 Å². The van der Waals surface area contributed by atoms with Gasteiger partial charge in [-0.3, -0.25) is 4.79 Å². The smallest absolute Gasteiger partial charge is 0.220 e. The lowest BCUT2D eigenvalue weighted by atomic mass is 9.96. The van der Waals surface area contributed by atoms with E-state index < -0.39 is 42.7 Å². The quantitative estimate of drug-likeness (QED) is 0.0308. The van der Waals surface area contributed by atoms with Crippen molar-refractivity contribution in [3.63, 3.8) is 0 Å². The first-order chi connectivity index (χ1) is 23.8. The van der Waals surface area contributed by atoms with Crippen LogP contribution in [-0.4, -0.2) is 80.7 Å². The molecule has 7 atom stereocenters. The predicted molar refractivity (Wildman–Crippen MR) is 201 cm³/mol. The highest BCUT2D eigenvalue weighted by atomic mass is 16.5. The molecular weight excluding hydrogens is 618 g/mol. The Balaban J connectivity index is 2.10. The van der Waals surface area contributed by atoms with Crippen molar-refractivity contribution in [2.75, 3.05) is 6.61 Å². The van der Waals surface area contributed by atoms with E-state index in [9.17, 15) is 30.3 Å². The molecule has 0 radical (unpaired) electrons. The van der Waals surface area contributed by atoms with E-state index in [-0.39, 0.29) is 18.9 Å². The van der Waals surface area contributed by atoms with Gasteiger partial charge in [0, 0.05) is 12.8 Å². The van der Waals surface area contributed by atoms with Crippen molar-refractivity contribution >= 4 is 5.91 Å². The topological polar surface area (TPSA) is 139 Å². The Morgan fingerprint density at radius 3 is 1.59 bits per heavy atom. The number of allylic oxidation sites excluding steroid dienone is 1. The Hall–Kier alpha value is -1.03. The zero-order valence-electron chi connectivity index (χ0n) is 31.8. The van der Waals surface area contributed by atoms with Crippen LogP contribution in [0.25, 0.3) is 0 Å². The highest BCUT2D eigenvalue weighted by molar-refractivity contribution is 5.76. The van der Waals surface area contributed by atoms with Crippen LogP contribution in [0.1, 0.15) is 194 Å². The summed E-state index contributed by atoms with van der Waals surface area (Å²) in [5.74, 6) is -0.175. The van der Waals surface area contributed by atoms with Gasteiger partial charge in [-0.25, -0.2) is 0 Å². The van der Waals surface area contributed by atoms with E-state index in [0.29, 0.717) is 25.7 Å². The van der Waals surface area contributed by atoms with Crippen LogP contribution in [0.5, 0.6) is 0 Å². The lowest BCUT2D eigenvalue weighted by molar-refractivity contribution is -0.128. The van der Waals surface area contributed by atoms with Gasteiger partial charge in [0.05, 0.1) is 31.0 Å². The average Bonchev–Trinajstić information content (AvgIpc) is 3.09. The molecule has 8 nitrogen and oxygen atoms in total. The summed E-state index contributed by atoms with van der Waals surface area (Å²) >= 11 is 0. The summed E-state index contributed by atoms with van der Waals surface area (Å²) in [6.45, 7) is 4.01. The maximum absolute atomic E-state index is 12.8. The molecule has 0 saturated carbocycles. The Morgan fingerprint density at radius 1 is 0.694 bits per heavy atom. The lowest BCUT2D eigenvalue weighted by Gasteiger charge is -2.32. The van der Waals surface area contributed by atoms with Crippen molar-refractivity contribution in [1.29, 1.82) is 0 Å². The standard InChI is InChI=1S/C41H79NO7/c1-3-5-6-7-8-9-10-11-12-13-14-15-16-17-18-19-20-21-22-23-24-25-26-31-39(46)42-35(37(45)32-34(43)4-2)33-49-38-30-28-27-29-36(44)40(47)41(38)48/h28,30,34-38,40-41,43-45,47-48H,3-27,29,31-33H2,1-2H3,(H,42,46). The van der Waals surface area contributed by atoms with Crippen molar-refractivity contribution < 1.29 is 35.1 Å². The number of hydrogen-bond acceptors (Lipinski definition) is 7. The molecule has 0 aromatic carbocycles. The monoisotopic (exact) mass is 698 g/mol. The summed E-state index contributed by atoms with van der Waals surface area (Å²) < 4.78 is 5.84. The van der Waals surface area contributed by atoms with Crippen molar-refractivity contribution in [3.8, 4) is 0 Å². The molecule has 0 aromatic rings. The molecule has 49 heavy (non-hydrogen) atoms. The van der Waals surface area contributed by atoms with Crippen LogP contribution in [0.4, 0.5) is 0 Å². The minimum atomic E-state index is -1.35. The zero-order chi connectivity index (χ0) is 36.0. The van der Waals surface area contributed by atoms with Crippen molar-refractivity contribution in [2.45, 2.75) is 236 Å². The third-order valence-electron chi connectivity index (χ3n) is 10.3. The van der Waals surface area contributed by atoms with Gasteiger partial charge in [-0.05, 0) is 25.7 Å². The first-order valence-corrected chi connectivity index (χ1v) is 20.8.